The van der Waals surface area contributed by atoms with E-state index in [0.29, 0.717) is 18.7 Å². The molecule has 200 valence electrons. The maximum atomic E-state index is 15.8. The highest BCUT2D eigenvalue weighted by atomic mass is 19.1. The molecular formula is C33H35FN4O. The quantitative estimate of drug-likeness (QED) is 0.226. The van der Waals surface area contributed by atoms with Crippen LogP contribution in [0, 0.1) is 12.7 Å². The van der Waals surface area contributed by atoms with Gasteiger partial charge in [0.25, 0.3) is 0 Å². The Morgan fingerprint density at radius 1 is 1.05 bits per heavy atom. The number of aryl methyl sites for hydroxylation is 3. The van der Waals surface area contributed by atoms with Gasteiger partial charge in [0.05, 0.1) is 17.8 Å². The van der Waals surface area contributed by atoms with Gasteiger partial charge < -0.3 is 14.6 Å². The maximum absolute atomic E-state index is 15.8. The molecule has 5 aromatic rings. The first-order chi connectivity index (χ1) is 19.0. The van der Waals surface area contributed by atoms with Gasteiger partial charge in [0.1, 0.15) is 11.6 Å². The summed E-state index contributed by atoms with van der Waals surface area (Å²) in [4.78, 5) is 0. The Balaban J connectivity index is 1.41. The zero-order valence-electron chi connectivity index (χ0n) is 22.7. The molecule has 3 heterocycles. The lowest BCUT2D eigenvalue weighted by Gasteiger charge is -2.14. The van der Waals surface area contributed by atoms with E-state index >= 15 is 4.39 Å². The molecular weight excluding hydrogens is 487 g/mol. The monoisotopic (exact) mass is 522 g/mol. The highest BCUT2D eigenvalue weighted by Crippen LogP contribution is 2.41. The number of ether oxygens (including phenoxy) is 1. The number of aromatic nitrogens is 3. The summed E-state index contributed by atoms with van der Waals surface area (Å²) in [7, 11) is 0. The van der Waals surface area contributed by atoms with Crippen molar-refractivity contribution in [2.45, 2.75) is 52.6 Å². The lowest BCUT2D eigenvalue weighted by atomic mass is 9.97. The summed E-state index contributed by atoms with van der Waals surface area (Å²) < 4.78 is 24.4. The highest BCUT2D eigenvalue weighted by Gasteiger charge is 2.26. The Kier molecular flexibility index (Phi) is 6.96. The molecule has 2 N–H and O–H groups in total. The summed E-state index contributed by atoms with van der Waals surface area (Å²) in [5, 5.41) is 14.5. The van der Waals surface area contributed by atoms with Gasteiger partial charge >= 0.3 is 0 Å². The van der Waals surface area contributed by atoms with Crippen LogP contribution in [-0.2, 0) is 19.5 Å². The molecule has 3 aromatic carbocycles. The molecule has 2 aromatic heterocycles. The highest BCUT2D eigenvalue weighted by molar-refractivity contribution is 6.01. The number of benzene rings is 3. The van der Waals surface area contributed by atoms with Crippen LogP contribution in [0.4, 0.5) is 4.39 Å². The molecule has 0 amide bonds. The van der Waals surface area contributed by atoms with Gasteiger partial charge in [-0.05, 0) is 80.8 Å². The largest absolute Gasteiger partial charge is 0.493 e. The first-order valence-corrected chi connectivity index (χ1v) is 13.9. The van der Waals surface area contributed by atoms with Crippen LogP contribution in [0.15, 0.2) is 61.2 Å². The van der Waals surface area contributed by atoms with Crippen molar-refractivity contribution >= 4 is 27.2 Å². The maximum Gasteiger partial charge on any atom is 0.133 e. The minimum Gasteiger partial charge on any atom is -0.493 e. The fourth-order valence-electron chi connectivity index (χ4n) is 6.11. The van der Waals surface area contributed by atoms with E-state index in [0.717, 1.165) is 89.0 Å². The zero-order valence-corrected chi connectivity index (χ0v) is 22.7. The van der Waals surface area contributed by atoms with Gasteiger partial charge in [-0.1, -0.05) is 43.0 Å². The van der Waals surface area contributed by atoms with Gasteiger partial charge in [0, 0.05) is 46.4 Å². The van der Waals surface area contributed by atoms with Gasteiger partial charge in [0.2, 0.25) is 0 Å². The number of rotatable bonds is 6. The number of aromatic amines is 1. The Bertz CT molecular complexity index is 1670. The SMILES string of the molecule is C=C(C)c1c(CCCOc2cccc3ccccc23)c2ccc(F)c3c2n1CCCCNCc1n[nH]c(C)c1-3. The van der Waals surface area contributed by atoms with Crippen molar-refractivity contribution in [3.63, 3.8) is 0 Å². The number of nitrogens with zero attached hydrogens (tertiary/aromatic N) is 2. The molecule has 6 heteroatoms. The van der Waals surface area contributed by atoms with Crippen LogP contribution >= 0.6 is 0 Å². The number of nitrogens with one attached hydrogen (secondary N) is 2. The standard InChI is InChI=1S/C33H35FN4O/c1-21(2)32-25(13-9-19-39-29-14-8-11-23-10-4-5-12-24(23)29)26-15-16-27(34)31-30-22(3)36-37-28(30)20-35-17-6-7-18-38(32)33(26)31/h4-5,8,10-12,14-16,35H,1,6-7,9,13,17-20H2,2-3H3,(H,36,37). The number of hydrogen-bond acceptors (Lipinski definition) is 3. The average Bonchev–Trinajstić information content (AvgIpc) is 3.44. The molecule has 0 fully saturated rings. The fourth-order valence-corrected chi connectivity index (χ4v) is 6.11. The second kappa shape index (κ2) is 10.7. The van der Waals surface area contributed by atoms with Gasteiger partial charge in [-0.25, -0.2) is 4.39 Å². The molecule has 39 heavy (non-hydrogen) atoms. The van der Waals surface area contributed by atoms with Crippen molar-refractivity contribution in [2.75, 3.05) is 13.2 Å². The summed E-state index contributed by atoms with van der Waals surface area (Å²) in [5.41, 5.74) is 7.53. The van der Waals surface area contributed by atoms with E-state index in [1.165, 1.54) is 10.9 Å². The Labute approximate surface area is 228 Å². The molecule has 0 radical (unpaired) electrons. The zero-order chi connectivity index (χ0) is 26.9. The predicted molar refractivity (Wildman–Crippen MR) is 158 cm³/mol. The van der Waals surface area contributed by atoms with Crippen LogP contribution in [-0.4, -0.2) is 27.9 Å². The number of halogens is 1. The van der Waals surface area contributed by atoms with Gasteiger partial charge in [-0.3, -0.25) is 5.10 Å². The Hall–Kier alpha value is -3.90. The Morgan fingerprint density at radius 3 is 2.77 bits per heavy atom. The molecule has 1 aliphatic heterocycles. The predicted octanol–water partition coefficient (Wildman–Crippen LogP) is 7.56. The van der Waals surface area contributed by atoms with Crippen LogP contribution in [0.3, 0.4) is 0 Å². The van der Waals surface area contributed by atoms with Crippen molar-refractivity contribution in [1.82, 2.24) is 20.1 Å². The topological polar surface area (TPSA) is 54.9 Å². The molecule has 0 aliphatic carbocycles. The van der Waals surface area contributed by atoms with Crippen molar-refractivity contribution < 1.29 is 9.13 Å². The third-order valence-electron chi connectivity index (χ3n) is 7.81. The minimum atomic E-state index is -0.217. The Morgan fingerprint density at radius 2 is 1.90 bits per heavy atom. The third kappa shape index (κ3) is 4.63. The lowest BCUT2D eigenvalue weighted by molar-refractivity contribution is 0.314. The van der Waals surface area contributed by atoms with E-state index in [1.54, 1.807) is 6.07 Å². The fraction of sp³-hybridized carbons (Fsp3) is 0.303. The van der Waals surface area contributed by atoms with Crippen LogP contribution in [0.25, 0.3) is 38.4 Å². The van der Waals surface area contributed by atoms with Gasteiger partial charge in [-0.2, -0.15) is 5.10 Å². The van der Waals surface area contributed by atoms with E-state index in [-0.39, 0.29) is 5.82 Å². The number of H-pyrrole nitrogens is 1. The molecule has 0 atom stereocenters. The first-order valence-electron chi connectivity index (χ1n) is 13.9. The number of fused-ring (bicyclic) bond motifs is 3. The first kappa shape index (κ1) is 25.4. The van der Waals surface area contributed by atoms with Crippen molar-refractivity contribution in [2.24, 2.45) is 0 Å². The van der Waals surface area contributed by atoms with Crippen LogP contribution in [0.1, 0.15) is 48.8 Å². The average molecular weight is 523 g/mol. The van der Waals surface area contributed by atoms with Crippen LogP contribution in [0.5, 0.6) is 5.75 Å². The molecule has 0 unspecified atom stereocenters. The van der Waals surface area contributed by atoms with E-state index in [2.05, 4.69) is 51.8 Å². The minimum absolute atomic E-state index is 0.217. The summed E-state index contributed by atoms with van der Waals surface area (Å²) in [6.45, 7) is 11.3. The molecule has 0 spiro atoms. The second-order valence-corrected chi connectivity index (χ2v) is 10.6. The van der Waals surface area contributed by atoms with E-state index in [4.69, 9.17) is 4.74 Å². The normalized spacial score (nSPS) is 13.8. The number of allylic oxidation sites excluding steroid dienone is 1. The second-order valence-electron chi connectivity index (χ2n) is 10.6. The van der Waals surface area contributed by atoms with Gasteiger partial charge in [0.15, 0.2) is 0 Å². The van der Waals surface area contributed by atoms with E-state index in [9.17, 15) is 0 Å². The van der Waals surface area contributed by atoms with E-state index < -0.39 is 0 Å². The molecule has 0 saturated carbocycles. The third-order valence-corrected chi connectivity index (χ3v) is 7.81. The summed E-state index contributed by atoms with van der Waals surface area (Å²) in [6.07, 6.45) is 3.70. The molecule has 1 aliphatic rings. The molecule has 6 rings (SSSR count). The van der Waals surface area contributed by atoms with Crippen LogP contribution in [0.2, 0.25) is 0 Å². The van der Waals surface area contributed by atoms with Crippen LogP contribution < -0.4 is 10.1 Å². The summed E-state index contributed by atoms with van der Waals surface area (Å²) >= 11 is 0. The molecule has 0 bridgehead atoms. The summed E-state index contributed by atoms with van der Waals surface area (Å²) in [5.74, 6) is 0.691. The van der Waals surface area contributed by atoms with Crippen molar-refractivity contribution in [1.29, 1.82) is 0 Å². The molecule has 5 nitrogen and oxygen atoms in total. The summed E-state index contributed by atoms with van der Waals surface area (Å²) in [6, 6.07) is 18.0. The lowest BCUT2D eigenvalue weighted by Crippen LogP contribution is -2.15. The van der Waals surface area contributed by atoms with Crippen molar-refractivity contribution in [3.8, 4) is 16.9 Å². The molecule has 0 saturated heterocycles. The number of hydrogen-bond donors (Lipinski definition) is 2. The smallest absolute Gasteiger partial charge is 0.133 e. The van der Waals surface area contributed by atoms with E-state index in [1.807, 2.05) is 37.3 Å². The van der Waals surface area contributed by atoms with Crippen molar-refractivity contribution in [3.05, 3.63) is 89.6 Å². The van der Waals surface area contributed by atoms with Gasteiger partial charge in [-0.15, -0.1) is 0 Å².